The van der Waals surface area contributed by atoms with Crippen LogP contribution in [0.25, 0.3) is 28.2 Å². The van der Waals surface area contributed by atoms with E-state index in [1.54, 1.807) is 24.3 Å². The number of halogens is 2. The predicted octanol–water partition coefficient (Wildman–Crippen LogP) is 6.12. The Balaban J connectivity index is 1.62. The number of morpholine rings is 1. The lowest BCUT2D eigenvalue weighted by Crippen LogP contribution is -2.54. The maximum atomic E-state index is 11.9. The van der Waals surface area contributed by atoms with Gasteiger partial charge in [-0.15, -0.1) is 0 Å². The molecule has 0 spiro atoms. The minimum absolute atomic E-state index is 0.259. The number of carbonyl (C=O) groups excluding carboxylic acids is 1. The van der Waals surface area contributed by atoms with Gasteiger partial charge in [-0.3, -0.25) is 9.78 Å². The first-order valence-electron chi connectivity index (χ1n) is 12.5. The number of fused-ring (bicyclic) bond motifs is 3. The zero-order valence-corrected chi connectivity index (χ0v) is 23.2. The molecule has 1 fully saturated rings. The van der Waals surface area contributed by atoms with Crippen LogP contribution in [0.4, 0.5) is 0 Å². The number of benzene rings is 2. The average molecular weight is 565 g/mol. The molecule has 1 amide bonds. The van der Waals surface area contributed by atoms with E-state index >= 15 is 0 Å². The number of methoxy groups -OCH3 is 1. The van der Waals surface area contributed by atoms with Crippen molar-refractivity contribution >= 4 is 29.6 Å². The van der Waals surface area contributed by atoms with Crippen molar-refractivity contribution in [2.45, 2.75) is 32.1 Å². The molecule has 6 rings (SSSR count). The molecule has 0 radical (unpaired) electrons. The van der Waals surface area contributed by atoms with Gasteiger partial charge in [0.1, 0.15) is 29.9 Å². The van der Waals surface area contributed by atoms with Gasteiger partial charge >= 0.3 is 0 Å². The molecular weight excluding hydrogens is 539 g/mol. The van der Waals surface area contributed by atoms with E-state index in [4.69, 9.17) is 42.5 Å². The molecule has 10 heteroatoms. The predicted molar refractivity (Wildman–Crippen MR) is 149 cm³/mol. The van der Waals surface area contributed by atoms with Gasteiger partial charge in [-0.1, -0.05) is 29.3 Å². The van der Waals surface area contributed by atoms with Crippen molar-refractivity contribution in [3.63, 3.8) is 0 Å². The van der Waals surface area contributed by atoms with Crippen LogP contribution in [0.15, 0.2) is 54.7 Å². The minimum atomic E-state index is -0.641. The standard InChI is InChI=1S/C29H26Cl2N4O4/c1-29(2)28(38-9-8-34(29)16-36)26-22-15-39-25-14-24(37-3)20(23-6-4-5-7-32-23)13-21(25)27(22)35(33-26)19-11-17(30)10-18(31)12-19/h4-7,10-14,16,28H,8-9,15H2,1-3H3. The number of carbonyl (C=O) groups is 1. The zero-order valence-electron chi connectivity index (χ0n) is 21.6. The third-order valence-corrected chi connectivity index (χ3v) is 7.79. The molecule has 8 nitrogen and oxygen atoms in total. The van der Waals surface area contributed by atoms with Crippen LogP contribution in [-0.4, -0.2) is 51.9 Å². The van der Waals surface area contributed by atoms with Crippen LogP contribution in [0.1, 0.15) is 31.2 Å². The second kappa shape index (κ2) is 9.86. The molecule has 4 aromatic rings. The Hall–Kier alpha value is -3.59. The molecule has 2 aliphatic heterocycles. The molecule has 200 valence electrons. The highest BCUT2D eigenvalue weighted by Gasteiger charge is 2.44. The fourth-order valence-electron chi connectivity index (χ4n) is 5.37. The van der Waals surface area contributed by atoms with Crippen LogP contribution in [0, 0.1) is 0 Å². The van der Waals surface area contributed by atoms with Gasteiger partial charge in [0.2, 0.25) is 6.41 Å². The van der Waals surface area contributed by atoms with Crippen molar-refractivity contribution < 1.29 is 19.0 Å². The van der Waals surface area contributed by atoms with Crippen molar-refractivity contribution in [1.82, 2.24) is 19.7 Å². The summed E-state index contributed by atoms with van der Waals surface area (Å²) < 4.78 is 20.1. The van der Waals surface area contributed by atoms with Crippen LogP contribution in [0.2, 0.25) is 10.0 Å². The Morgan fingerprint density at radius 2 is 1.90 bits per heavy atom. The Kier molecular flexibility index (Phi) is 6.49. The lowest BCUT2D eigenvalue weighted by molar-refractivity contribution is -0.147. The summed E-state index contributed by atoms with van der Waals surface area (Å²) in [6, 6.07) is 14.9. The lowest BCUT2D eigenvalue weighted by Gasteiger charge is -2.45. The van der Waals surface area contributed by atoms with E-state index in [1.165, 1.54) is 0 Å². The highest BCUT2D eigenvalue weighted by Crippen LogP contribution is 2.48. The summed E-state index contributed by atoms with van der Waals surface area (Å²) >= 11 is 12.8. The molecule has 39 heavy (non-hydrogen) atoms. The Morgan fingerprint density at radius 1 is 1.10 bits per heavy atom. The van der Waals surface area contributed by atoms with Gasteiger partial charge in [-0.25, -0.2) is 4.68 Å². The summed E-state index contributed by atoms with van der Waals surface area (Å²) in [6.45, 7) is 5.13. The first kappa shape index (κ1) is 25.7. The number of ether oxygens (including phenoxy) is 3. The molecule has 2 aromatic carbocycles. The van der Waals surface area contributed by atoms with Crippen LogP contribution < -0.4 is 9.47 Å². The molecule has 2 aliphatic rings. The minimum Gasteiger partial charge on any atom is -0.496 e. The first-order chi connectivity index (χ1) is 18.8. The highest BCUT2D eigenvalue weighted by molar-refractivity contribution is 6.34. The van der Waals surface area contributed by atoms with Gasteiger partial charge in [-0.05, 0) is 50.2 Å². The number of rotatable bonds is 5. The first-order valence-corrected chi connectivity index (χ1v) is 13.3. The third kappa shape index (κ3) is 4.33. The normalized spacial score (nSPS) is 17.7. The maximum absolute atomic E-state index is 11.9. The molecular formula is C29H26Cl2N4O4. The molecule has 1 unspecified atom stereocenters. The van der Waals surface area contributed by atoms with Crippen molar-refractivity contribution in [1.29, 1.82) is 0 Å². The van der Waals surface area contributed by atoms with Crippen LogP contribution >= 0.6 is 23.2 Å². The SMILES string of the molecule is COc1cc2c(cc1-c1ccccn1)-c1c(c(C3OCCN(C=O)C3(C)C)nn1-c1cc(Cl)cc(Cl)c1)CO2. The monoisotopic (exact) mass is 564 g/mol. The van der Waals surface area contributed by atoms with E-state index in [0.717, 1.165) is 34.5 Å². The molecule has 0 aliphatic carbocycles. The average Bonchev–Trinajstić information content (AvgIpc) is 3.31. The number of amides is 1. The van der Waals surface area contributed by atoms with Crippen molar-refractivity contribution in [3.05, 3.63) is 76.0 Å². The summed E-state index contributed by atoms with van der Waals surface area (Å²) in [6.07, 6.45) is 2.13. The fraction of sp³-hybridized carbons (Fsp3) is 0.276. The summed E-state index contributed by atoms with van der Waals surface area (Å²) in [7, 11) is 1.63. The van der Waals surface area contributed by atoms with Gasteiger partial charge in [0, 0.05) is 45.5 Å². The molecule has 0 saturated carbocycles. The van der Waals surface area contributed by atoms with Crippen LogP contribution in [0.5, 0.6) is 11.5 Å². The van der Waals surface area contributed by atoms with E-state index < -0.39 is 11.6 Å². The van der Waals surface area contributed by atoms with Crippen molar-refractivity contribution in [3.8, 4) is 39.7 Å². The van der Waals surface area contributed by atoms with Crippen molar-refractivity contribution in [2.75, 3.05) is 20.3 Å². The van der Waals surface area contributed by atoms with E-state index in [-0.39, 0.29) is 6.61 Å². The molecule has 0 bridgehead atoms. The van der Waals surface area contributed by atoms with Gasteiger partial charge in [0.05, 0.1) is 36.3 Å². The Labute approximate surface area is 236 Å². The number of hydrogen-bond donors (Lipinski definition) is 0. The topological polar surface area (TPSA) is 78.7 Å². The summed E-state index contributed by atoms with van der Waals surface area (Å²) in [4.78, 5) is 18.2. The van der Waals surface area contributed by atoms with Gasteiger partial charge in [-0.2, -0.15) is 5.10 Å². The van der Waals surface area contributed by atoms with Crippen LogP contribution in [-0.2, 0) is 16.1 Å². The largest absolute Gasteiger partial charge is 0.496 e. The van der Waals surface area contributed by atoms with Crippen LogP contribution in [0.3, 0.4) is 0 Å². The smallest absolute Gasteiger partial charge is 0.210 e. The second-order valence-electron chi connectivity index (χ2n) is 10.0. The number of aromatic nitrogens is 3. The van der Waals surface area contributed by atoms with E-state index in [1.807, 2.05) is 61.0 Å². The van der Waals surface area contributed by atoms with Crippen molar-refractivity contribution in [2.24, 2.45) is 0 Å². The van der Waals surface area contributed by atoms with E-state index in [0.29, 0.717) is 46.1 Å². The van der Waals surface area contributed by atoms with Gasteiger partial charge in [0.25, 0.3) is 0 Å². The van der Waals surface area contributed by atoms with E-state index in [2.05, 4.69) is 4.98 Å². The quantitative estimate of drug-likeness (QED) is 0.272. The molecule has 1 saturated heterocycles. The molecule has 0 N–H and O–H groups in total. The molecule has 1 atom stereocenters. The number of hydrogen-bond acceptors (Lipinski definition) is 6. The van der Waals surface area contributed by atoms with Gasteiger partial charge < -0.3 is 19.1 Å². The lowest BCUT2D eigenvalue weighted by atomic mass is 9.88. The number of nitrogens with zero attached hydrogens (tertiary/aromatic N) is 4. The Bertz CT molecular complexity index is 1550. The fourth-order valence-corrected chi connectivity index (χ4v) is 5.88. The second-order valence-corrected chi connectivity index (χ2v) is 10.9. The molecule has 2 aromatic heterocycles. The Morgan fingerprint density at radius 3 is 2.59 bits per heavy atom. The third-order valence-electron chi connectivity index (χ3n) is 7.35. The summed E-state index contributed by atoms with van der Waals surface area (Å²) in [5, 5.41) is 6.05. The highest BCUT2D eigenvalue weighted by atomic mass is 35.5. The number of pyridine rings is 1. The maximum Gasteiger partial charge on any atom is 0.210 e. The van der Waals surface area contributed by atoms with Gasteiger partial charge in [0.15, 0.2) is 0 Å². The summed E-state index contributed by atoms with van der Waals surface area (Å²) in [5.74, 6) is 1.30. The van der Waals surface area contributed by atoms with E-state index in [9.17, 15) is 4.79 Å². The zero-order chi connectivity index (χ0) is 27.3. The molecule has 4 heterocycles. The summed E-state index contributed by atoms with van der Waals surface area (Å²) in [5.41, 5.74) is 4.82.